The molecule has 0 aromatic heterocycles. The highest BCUT2D eigenvalue weighted by molar-refractivity contribution is 7.90. The molecule has 2 aromatic carbocycles. The summed E-state index contributed by atoms with van der Waals surface area (Å²) in [5.41, 5.74) is 9.72. The third-order valence-corrected chi connectivity index (χ3v) is 6.47. The van der Waals surface area contributed by atoms with Crippen molar-refractivity contribution in [3.63, 3.8) is 0 Å². The molecule has 7 nitrogen and oxygen atoms in total. The lowest BCUT2D eigenvalue weighted by molar-refractivity contribution is 0.0998. The van der Waals surface area contributed by atoms with Crippen LogP contribution in [0.3, 0.4) is 0 Å². The van der Waals surface area contributed by atoms with Gasteiger partial charge in [0, 0.05) is 17.4 Å². The lowest BCUT2D eigenvalue weighted by Gasteiger charge is -2.23. The van der Waals surface area contributed by atoms with Crippen LogP contribution in [0.5, 0.6) is 17.2 Å². The van der Waals surface area contributed by atoms with Gasteiger partial charge < -0.3 is 19.9 Å². The van der Waals surface area contributed by atoms with Crippen LogP contribution < -0.4 is 19.9 Å². The number of carbonyl (C=O) groups is 1. The summed E-state index contributed by atoms with van der Waals surface area (Å²) in [4.78, 5) is 12.3. The highest BCUT2D eigenvalue weighted by Crippen LogP contribution is 2.44. The summed E-state index contributed by atoms with van der Waals surface area (Å²) in [6.45, 7) is 4.03. The third kappa shape index (κ3) is 5.91. The Labute approximate surface area is 184 Å². The predicted molar refractivity (Wildman–Crippen MR) is 121 cm³/mol. The molecule has 0 heterocycles. The van der Waals surface area contributed by atoms with Gasteiger partial charge in [0.1, 0.15) is 9.84 Å². The molecule has 1 amide bonds. The maximum absolute atomic E-state index is 12.3. The van der Waals surface area contributed by atoms with Gasteiger partial charge in [0.15, 0.2) is 11.5 Å². The topological polar surface area (TPSA) is 105 Å². The number of methoxy groups -OCH3 is 3. The number of amides is 1. The van der Waals surface area contributed by atoms with E-state index < -0.39 is 15.7 Å². The molecule has 31 heavy (non-hydrogen) atoms. The fourth-order valence-electron chi connectivity index (χ4n) is 3.65. The molecule has 8 heteroatoms. The summed E-state index contributed by atoms with van der Waals surface area (Å²) in [6.07, 6.45) is 1.95. The van der Waals surface area contributed by atoms with Crippen LogP contribution >= 0.6 is 0 Å². The first-order valence-corrected chi connectivity index (χ1v) is 11.9. The van der Waals surface area contributed by atoms with Crippen LogP contribution in [0.25, 0.3) is 0 Å². The summed E-state index contributed by atoms with van der Waals surface area (Å²) in [7, 11) is 1.26. The number of sulfone groups is 1. The van der Waals surface area contributed by atoms with Gasteiger partial charge in [0.05, 0.1) is 27.1 Å². The van der Waals surface area contributed by atoms with E-state index in [9.17, 15) is 13.2 Å². The average molecular weight is 450 g/mol. The fourth-order valence-corrected chi connectivity index (χ4v) is 4.36. The average Bonchev–Trinajstić information content (AvgIpc) is 2.71. The molecule has 0 aliphatic rings. The van der Waals surface area contributed by atoms with Crippen molar-refractivity contribution in [1.82, 2.24) is 0 Å². The lowest BCUT2D eigenvalue weighted by atomic mass is 9.86. The minimum atomic E-state index is -3.17. The number of aryl methyl sites for hydroxylation is 2. The number of hydrogen-bond donors (Lipinski definition) is 1. The first kappa shape index (κ1) is 24.5. The van der Waals surface area contributed by atoms with Crippen molar-refractivity contribution >= 4 is 15.7 Å². The number of primary amides is 1. The summed E-state index contributed by atoms with van der Waals surface area (Å²) < 4.78 is 40.2. The highest BCUT2D eigenvalue weighted by atomic mass is 32.2. The van der Waals surface area contributed by atoms with Gasteiger partial charge in [-0.2, -0.15) is 0 Å². The first-order chi connectivity index (χ1) is 14.5. The zero-order chi connectivity index (χ0) is 23.3. The molecule has 2 rings (SSSR count). The molecule has 0 bridgehead atoms. The number of carbonyl (C=O) groups excluding carboxylic acids is 1. The monoisotopic (exact) mass is 449 g/mol. The summed E-state index contributed by atoms with van der Waals surface area (Å²) in [5.74, 6) is 0.244. The van der Waals surface area contributed by atoms with Gasteiger partial charge in [-0.25, -0.2) is 8.42 Å². The second-order valence-corrected chi connectivity index (χ2v) is 9.96. The lowest BCUT2D eigenvalue weighted by Crippen LogP contribution is -2.18. The largest absolute Gasteiger partial charge is 0.493 e. The van der Waals surface area contributed by atoms with Gasteiger partial charge in [0.25, 0.3) is 0 Å². The Kier molecular flexibility index (Phi) is 7.95. The quantitative estimate of drug-likeness (QED) is 0.597. The second-order valence-electron chi connectivity index (χ2n) is 7.70. The van der Waals surface area contributed by atoms with Crippen molar-refractivity contribution < 1.29 is 27.4 Å². The Morgan fingerprint density at radius 1 is 1.00 bits per heavy atom. The van der Waals surface area contributed by atoms with Gasteiger partial charge in [-0.3, -0.25) is 4.79 Å². The van der Waals surface area contributed by atoms with Gasteiger partial charge in [-0.05, 0) is 55.4 Å². The second kappa shape index (κ2) is 10.0. The molecule has 0 saturated heterocycles. The van der Waals surface area contributed by atoms with Gasteiger partial charge in [-0.1, -0.05) is 18.2 Å². The molecule has 0 fully saturated rings. The molecular formula is C23H31NO6S. The molecule has 2 aromatic rings. The fraction of sp³-hybridized carbons (Fsp3) is 0.435. The molecule has 0 aliphatic carbocycles. The Morgan fingerprint density at radius 2 is 1.65 bits per heavy atom. The molecule has 170 valence electrons. The number of nitrogens with two attached hydrogens (primary N) is 1. The number of rotatable bonds is 10. The molecule has 1 atom stereocenters. The highest BCUT2D eigenvalue weighted by Gasteiger charge is 2.26. The molecular weight excluding hydrogens is 418 g/mol. The smallest absolute Gasteiger partial charge is 0.249 e. The Balaban J connectivity index is 2.66. The van der Waals surface area contributed by atoms with Gasteiger partial charge in [0.2, 0.25) is 11.7 Å². The predicted octanol–water partition coefficient (Wildman–Crippen LogP) is 3.19. The first-order valence-electron chi connectivity index (χ1n) is 9.88. The molecule has 0 spiro atoms. The van der Waals surface area contributed by atoms with Crippen molar-refractivity contribution in [2.45, 2.75) is 32.6 Å². The van der Waals surface area contributed by atoms with Crippen LogP contribution in [-0.2, 0) is 16.3 Å². The Hall–Kier alpha value is -2.74. The normalized spacial score (nSPS) is 12.3. The van der Waals surface area contributed by atoms with E-state index >= 15 is 0 Å². The molecule has 2 N–H and O–H groups in total. The minimum absolute atomic E-state index is 0.0199. The van der Waals surface area contributed by atoms with Crippen molar-refractivity contribution in [2.24, 2.45) is 5.73 Å². The number of hydrogen-bond acceptors (Lipinski definition) is 6. The zero-order valence-electron chi connectivity index (χ0n) is 18.9. The Bertz CT molecular complexity index is 1060. The summed E-state index contributed by atoms with van der Waals surface area (Å²) in [5, 5.41) is 0. The molecule has 0 radical (unpaired) electrons. The van der Waals surface area contributed by atoms with E-state index in [0.29, 0.717) is 35.7 Å². The Morgan fingerprint density at radius 3 is 2.13 bits per heavy atom. The van der Waals surface area contributed by atoms with Crippen LogP contribution in [0.2, 0.25) is 0 Å². The molecule has 1 unspecified atom stereocenters. The van der Waals surface area contributed by atoms with E-state index in [1.54, 1.807) is 0 Å². The van der Waals surface area contributed by atoms with E-state index in [1.807, 2.05) is 26.0 Å². The minimum Gasteiger partial charge on any atom is -0.493 e. The van der Waals surface area contributed by atoms with E-state index in [2.05, 4.69) is 6.07 Å². The van der Waals surface area contributed by atoms with Crippen molar-refractivity contribution in [1.29, 1.82) is 0 Å². The third-order valence-electron chi connectivity index (χ3n) is 5.49. The molecule has 0 saturated carbocycles. The van der Waals surface area contributed by atoms with Gasteiger partial charge in [-0.15, -0.1) is 0 Å². The SMILES string of the molecule is COc1cc(C(N)=O)c(CC(CCS(C)(=O)=O)c2ccc(C)c(C)c2)c(OC)c1OC. The van der Waals surface area contributed by atoms with Crippen molar-refractivity contribution in [2.75, 3.05) is 33.3 Å². The summed E-state index contributed by atoms with van der Waals surface area (Å²) in [6, 6.07) is 7.60. The van der Waals surface area contributed by atoms with E-state index in [-0.39, 0.29) is 17.2 Å². The standard InChI is InChI=1S/C23H31NO6S/c1-14-7-8-16(11-15(14)2)17(9-10-31(6,26)27)12-18-19(23(24)25)13-20(28-3)22(30-5)21(18)29-4/h7-8,11,13,17H,9-10,12H2,1-6H3,(H2,24,25). The maximum Gasteiger partial charge on any atom is 0.249 e. The van der Waals surface area contributed by atoms with Crippen LogP contribution in [-0.4, -0.2) is 47.7 Å². The van der Waals surface area contributed by atoms with Crippen LogP contribution in [0.15, 0.2) is 24.3 Å². The van der Waals surface area contributed by atoms with Crippen LogP contribution in [0.4, 0.5) is 0 Å². The van der Waals surface area contributed by atoms with E-state index in [1.165, 1.54) is 33.7 Å². The van der Waals surface area contributed by atoms with Crippen LogP contribution in [0, 0.1) is 13.8 Å². The van der Waals surface area contributed by atoms with Gasteiger partial charge >= 0.3 is 0 Å². The number of ether oxygens (including phenoxy) is 3. The zero-order valence-corrected chi connectivity index (χ0v) is 19.8. The van der Waals surface area contributed by atoms with Crippen LogP contribution in [0.1, 0.15) is 45.0 Å². The van der Waals surface area contributed by atoms with E-state index in [4.69, 9.17) is 19.9 Å². The maximum atomic E-state index is 12.3. The van der Waals surface area contributed by atoms with Crippen molar-refractivity contribution in [3.8, 4) is 17.2 Å². The van der Waals surface area contributed by atoms with Crippen molar-refractivity contribution in [3.05, 3.63) is 52.1 Å². The molecule has 0 aliphatic heterocycles. The number of benzene rings is 2. The van der Waals surface area contributed by atoms with E-state index in [0.717, 1.165) is 16.7 Å². The summed E-state index contributed by atoms with van der Waals surface area (Å²) >= 11 is 0.